The monoisotopic (exact) mass is 291 g/mol. The van der Waals surface area contributed by atoms with Crippen LogP contribution in [0.15, 0.2) is 36.4 Å². The molecule has 2 aromatic rings. The molecular formula is C16H15F2NO2. The van der Waals surface area contributed by atoms with E-state index in [1.807, 2.05) is 18.2 Å². The summed E-state index contributed by atoms with van der Waals surface area (Å²) in [6, 6.07) is 9.29. The Labute approximate surface area is 121 Å². The number of rotatable bonds is 5. The lowest BCUT2D eigenvalue weighted by atomic mass is 10.1. The average Bonchev–Trinajstić information content (AvgIpc) is 2.46. The zero-order valence-electron chi connectivity index (χ0n) is 11.8. The quantitative estimate of drug-likeness (QED) is 0.791. The fourth-order valence-electron chi connectivity index (χ4n) is 2.19. The van der Waals surface area contributed by atoms with Gasteiger partial charge in [-0.15, -0.1) is 0 Å². The van der Waals surface area contributed by atoms with Crippen molar-refractivity contribution in [1.82, 2.24) is 0 Å². The Morgan fingerprint density at radius 2 is 1.81 bits per heavy atom. The van der Waals surface area contributed by atoms with Crippen molar-refractivity contribution < 1.29 is 18.3 Å². The van der Waals surface area contributed by atoms with E-state index in [0.29, 0.717) is 12.0 Å². The van der Waals surface area contributed by atoms with Gasteiger partial charge in [0.1, 0.15) is 29.4 Å². The van der Waals surface area contributed by atoms with Crippen LogP contribution in [-0.2, 0) is 6.54 Å². The number of methoxy groups -OCH3 is 1. The maximum absolute atomic E-state index is 14.0. The van der Waals surface area contributed by atoms with E-state index in [0.717, 1.165) is 17.7 Å². The molecule has 0 bridgehead atoms. The Kier molecular flexibility index (Phi) is 4.52. The number of ether oxygens (including phenoxy) is 1. The van der Waals surface area contributed by atoms with E-state index in [1.165, 1.54) is 4.90 Å². The first-order valence-corrected chi connectivity index (χ1v) is 6.34. The fourth-order valence-corrected chi connectivity index (χ4v) is 2.19. The molecule has 21 heavy (non-hydrogen) atoms. The number of carbonyl (C=O) groups is 1. The van der Waals surface area contributed by atoms with Gasteiger partial charge in [-0.2, -0.15) is 0 Å². The molecule has 2 rings (SSSR count). The average molecular weight is 291 g/mol. The zero-order valence-corrected chi connectivity index (χ0v) is 11.8. The number of para-hydroxylation sites is 1. The predicted molar refractivity (Wildman–Crippen MR) is 76.8 cm³/mol. The zero-order chi connectivity index (χ0) is 15.4. The highest BCUT2D eigenvalue weighted by Crippen LogP contribution is 2.27. The third kappa shape index (κ3) is 3.18. The van der Waals surface area contributed by atoms with Gasteiger partial charge in [0, 0.05) is 24.7 Å². The molecule has 110 valence electrons. The molecule has 0 unspecified atom stereocenters. The maximum atomic E-state index is 14.0. The van der Waals surface area contributed by atoms with Crippen molar-refractivity contribution in [2.24, 2.45) is 0 Å². The van der Waals surface area contributed by atoms with Gasteiger partial charge in [-0.3, -0.25) is 4.79 Å². The molecule has 5 heteroatoms. The molecule has 0 aliphatic rings. The molecule has 0 aromatic heterocycles. The highest BCUT2D eigenvalue weighted by Gasteiger charge is 2.16. The minimum absolute atomic E-state index is 0.0283. The van der Waals surface area contributed by atoms with E-state index < -0.39 is 11.6 Å². The predicted octanol–water partition coefficient (Wildman–Crippen LogP) is 3.42. The molecule has 0 amide bonds. The number of hydrogen-bond donors (Lipinski definition) is 0. The minimum Gasteiger partial charge on any atom is -0.496 e. The van der Waals surface area contributed by atoms with Crippen LogP contribution in [-0.4, -0.2) is 20.4 Å². The highest BCUT2D eigenvalue weighted by molar-refractivity contribution is 5.76. The molecule has 2 aromatic carbocycles. The van der Waals surface area contributed by atoms with Crippen LogP contribution in [0.3, 0.4) is 0 Å². The number of halogens is 2. The SMILES string of the molecule is COc1ccccc1CN(C)c1c(F)cc(C=O)cc1F. The Morgan fingerprint density at radius 1 is 1.19 bits per heavy atom. The first-order chi connectivity index (χ1) is 10.1. The van der Waals surface area contributed by atoms with Gasteiger partial charge < -0.3 is 9.64 Å². The molecular weight excluding hydrogens is 276 g/mol. The van der Waals surface area contributed by atoms with E-state index in [2.05, 4.69) is 0 Å². The number of carbonyl (C=O) groups excluding carboxylic acids is 1. The van der Waals surface area contributed by atoms with E-state index >= 15 is 0 Å². The summed E-state index contributed by atoms with van der Waals surface area (Å²) >= 11 is 0. The minimum atomic E-state index is -0.769. The molecule has 0 spiro atoms. The molecule has 0 heterocycles. The molecule has 3 nitrogen and oxygen atoms in total. The summed E-state index contributed by atoms with van der Waals surface area (Å²) in [5, 5.41) is 0. The topological polar surface area (TPSA) is 29.5 Å². The van der Waals surface area contributed by atoms with Gasteiger partial charge in [0.25, 0.3) is 0 Å². The fraction of sp³-hybridized carbons (Fsp3) is 0.188. The van der Waals surface area contributed by atoms with Crippen molar-refractivity contribution in [1.29, 1.82) is 0 Å². The van der Waals surface area contributed by atoms with Crippen LogP contribution in [0.4, 0.5) is 14.5 Å². The summed E-state index contributed by atoms with van der Waals surface area (Å²) in [6.07, 6.45) is 0.413. The Morgan fingerprint density at radius 3 is 2.38 bits per heavy atom. The molecule has 0 fully saturated rings. The van der Waals surface area contributed by atoms with Crippen LogP contribution < -0.4 is 9.64 Å². The lowest BCUT2D eigenvalue weighted by Crippen LogP contribution is -2.20. The second-order valence-corrected chi connectivity index (χ2v) is 4.62. The molecule has 0 radical (unpaired) electrons. The number of hydrogen-bond acceptors (Lipinski definition) is 3. The van der Waals surface area contributed by atoms with Crippen LogP contribution in [0.2, 0.25) is 0 Å². The number of aldehydes is 1. The Hall–Kier alpha value is -2.43. The maximum Gasteiger partial charge on any atom is 0.150 e. The summed E-state index contributed by atoms with van der Waals surface area (Å²) in [7, 11) is 3.12. The summed E-state index contributed by atoms with van der Waals surface area (Å²) in [6.45, 7) is 0.276. The van der Waals surface area contributed by atoms with Gasteiger partial charge in [-0.25, -0.2) is 8.78 Å². The Balaban J connectivity index is 2.32. The molecule has 0 N–H and O–H groups in total. The molecule has 0 aliphatic heterocycles. The Bertz CT molecular complexity index is 635. The number of anilines is 1. The van der Waals surface area contributed by atoms with Gasteiger partial charge in [0.05, 0.1) is 7.11 Å². The van der Waals surface area contributed by atoms with Crippen molar-refractivity contribution >= 4 is 12.0 Å². The van der Waals surface area contributed by atoms with Crippen LogP contribution in [0, 0.1) is 11.6 Å². The van der Waals surface area contributed by atoms with E-state index in [9.17, 15) is 13.6 Å². The van der Waals surface area contributed by atoms with Crippen LogP contribution >= 0.6 is 0 Å². The van der Waals surface area contributed by atoms with Crippen molar-refractivity contribution in [2.75, 3.05) is 19.1 Å². The van der Waals surface area contributed by atoms with E-state index in [4.69, 9.17) is 4.74 Å². The van der Waals surface area contributed by atoms with Crippen LogP contribution in [0.5, 0.6) is 5.75 Å². The summed E-state index contributed by atoms with van der Waals surface area (Å²) in [5.41, 5.74) is 0.603. The third-order valence-electron chi connectivity index (χ3n) is 3.16. The second-order valence-electron chi connectivity index (χ2n) is 4.62. The first-order valence-electron chi connectivity index (χ1n) is 6.34. The van der Waals surface area contributed by atoms with Gasteiger partial charge in [-0.05, 0) is 18.2 Å². The summed E-state index contributed by atoms with van der Waals surface area (Å²) in [5.74, 6) is -0.890. The normalized spacial score (nSPS) is 10.3. The van der Waals surface area contributed by atoms with Crippen LogP contribution in [0.25, 0.3) is 0 Å². The smallest absolute Gasteiger partial charge is 0.150 e. The molecule has 0 saturated carbocycles. The summed E-state index contributed by atoms with van der Waals surface area (Å²) < 4.78 is 33.1. The largest absolute Gasteiger partial charge is 0.496 e. The number of benzene rings is 2. The first kappa shape index (κ1) is 15.0. The van der Waals surface area contributed by atoms with Gasteiger partial charge in [0.15, 0.2) is 0 Å². The van der Waals surface area contributed by atoms with Gasteiger partial charge in [0.2, 0.25) is 0 Å². The standard InChI is InChI=1S/C16H15F2NO2/c1-19(9-12-5-3-4-6-15(12)21-2)16-13(17)7-11(10-20)8-14(16)18/h3-8,10H,9H2,1-2H3. The third-order valence-corrected chi connectivity index (χ3v) is 3.16. The summed E-state index contributed by atoms with van der Waals surface area (Å²) in [4.78, 5) is 12.0. The highest BCUT2D eigenvalue weighted by atomic mass is 19.1. The van der Waals surface area contributed by atoms with Crippen LogP contribution in [0.1, 0.15) is 15.9 Å². The van der Waals surface area contributed by atoms with Crippen molar-refractivity contribution in [3.8, 4) is 5.75 Å². The number of nitrogens with zero attached hydrogens (tertiary/aromatic N) is 1. The molecule has 0 aliphatic carbocycles. The van der Waals surface area contributed by atoms with Gasteiger partial charge >= 0.3 is 0 Å². The van der Waals surface area contributed by atoms with E-state index in [-0.39, 0.29) is 17.8 Å². The van der Waals surface area contributed by atoms with E-state index in [1.54, 1.807) is 20.2 Å². The molecule has 0 saturated heterocycles. The van der Waals surface area contributed by atoms with Gasteiger partial charge in [-0.1, -0.05) is 18.2 Å². The molecule has 0 atom stereocenters. The second kappa shape index (κ2) is 6.35. The lowest BCUT2D eigenvalue weighted by Gasteiger charge is -2.22. The lowest BCUT2D eigenvalue weighted by molar-refractivity contribution is 0.112. The van der Waals surface area contributed by atoms with Crippen molar-refractivity contribution in [3.05, 3.63) is 59.2 Å². The van der Waals surface area contributed by atoms with Crippen molar-refractivity contribution in [2.45, 2.75) is 6.54 Å². The van der Waals surface area contributed by atoms with Crippen molar-refractivity contribution in [3.63, 3.8) is 0 Å².